The number of aromatic carboxylic acids is 1. The summed E-state index contributed by atoms with van der Waals surface area (Å²) in [4.78, 5) is 28.9. The fourth-order valence-corrected chi connectivity index (χ4v) is 7.19. The first-order chi connectivity index (χ1) is 21.2. The van der Waals surface area contributed by atoms with Crippen LogP contribution in [0, 0.1) is 11.8 Å². The van der Waals surface area contributed by atoms with Crippen LogP contribution in [0.4, 0.5) is 26.3 Å². The maximum atomic E-state index is 14.0. The van der Waals surface area contributed by atoms with Gasteiger partial charge in [0.25, 0.3) is 5.91 Å². The molecule has 3 aliphatic heterocycles. The molecule has 0 spiro atoms. The van der Waals surface area contributed by atoms with Gasteiger partial charge in [-0.05, 0) is 86.2 Å². The minimum absolute atomic E-state index is 0.0412. The lowest BCUT2D eigenvalue weighted by atomic mass is 9.80. The van der Waals surface area contributed by atoms with E-state index in [-0.39, 0.29) is 41.2 Å². The van der Waals surface area contributed by atoms with Crippen LogP contribution < -0.4 is 4.74 Å². The summed E-state index contributed by atoms with van der Waals surface area (Å²) in [5, 5.41) is 9.42. The molecule has 244 valence electrons. The second-order valence-corrected chi connectivity index (χ2v) is 12.7. The number of likely N-dealkylation sites (tertiary alicyclic amines) is 1. The molecule has 13 heteroatoms. The highest BCUT2D eigenvalue weighted by molar-refractivity contribution is 5.87. The van der Waals surface area contributed by atoms with Crippen LogP contribution in [0.5, 0.6) is 5.75 Å². The lowest BCUT2D eigenvalue weighted by Crippen LogP contribution is -2.59. The third-order valence-electron chi connectivity index (χ3n) is 9.61. The fourth-order valence-electron chi connectivity index (χ4n) is 7.19. The number of ether oxygens (including phenoxy) is 2. The molecule has 5 atom stereocenters. The molecule has 1 amide bonds. The van der Waals surface area contributed by atoms with Gasteiger partial charge in [-0.25, -0.2) is 4.79 Å². The molecule has 1 saturated carbocycles. The predicted molar refractivity (Wildman–Crippen MR) is 148 cm³/mol. The molecule has 0 bridgehead atoms. The number of benzene rings is 2. The summed E-state index contributed by atoms with van der Waals surface area (Å²) in [6, 6.07) is 7.21. The minimum Gasteiger partial charge on any atom is -0.478 e. The normalized spacial score (nSPS) is 27.9. The molecule has 7 nitrogen and oxygen atoms in total. The van der Waals surface area contributed by atoms with Gasteiger partial charge in [0, 0.05) is 18.2 Å². The Kier molecular flexibility index (Phi) is 8.30. The van der Waals surface area contributed by atoms with Gasteiger partial charge in [0.1, 0.15) is 5.75 Å². The van der Waals surface area contributed by atoms with Gasteiger partial charge in [-0.1, -0.05) is 19.1 Å². The Hall–Kier alpha value is -3.32. The standard InChI is InChI=1S/C32H34F6N2O5/c1-17-14-39(10-9-23(17)19-3-2-4-20(11-19)30(42)43)25-7-8-26(18-5-6-18)45-28(25)29(41)40-15-21-12-22(31(33,34)35)13-24(32(36,37)38)27(21)44-16-40/h2-4,11-13,17-18,23,25-26,28H,5-10,14-16H2,1H3,(H,42,43)/t17-,23-,25+,26-,28?/m0/s1. The largest absolute Gasteiger partial charge is 0.478 e. The molecule has 0 radical (unpaired) electrons. The van der Waals surface area contributed by atoms with Crippen molar-refractivity contribution in [3.8, 4) is 5.75 Å². The topological polar surface area (TPSA) is 79.3 Å². The number of carbonyl (C=O) groups is 2. The number of carboxylic acid groups (broad SMARTS) is 1. The monoisotopic (exact) mass is 640 g/mol. The molecule has 2 saturated heterocycles. The predicted octanol–water partition coefficient (Wildman–Crippen LogP) is 6.55. The van der Waals surface area contributed by atoms with Gasteiger partial charge in [0.2, 0.25) is 0 Å². The van der Waals surface area contributed by atoms with E-state index in [1.165, 1.54) is 0 Å². The van der Waals surface area contributed by atoms with Crippen LogP contribution in [0.15, 0.2) is 36.4 Å². The number of amides is 1. The van der Waals surface area contributed by atoms with E-state index in [1.807, 2.05) is 6.07 Å². The molecule has 45 heavy (non-hydrogen) atoms. The van der Waals surface area contributed by atoms with Gasteiger partial charge >= 0.3 is 18.3 Å². The maximum Gasteiger partial charge on any atom is 0.419 e. The Balaban J connectivity index is 1.23. The van der Waals surface area contributed by atoms with Crippen molar-refractivity contribution >= 4 is 11.9 Å². The van der Waals surface area contributed by atoms with E-state index in [0.29, 0.717) is 37.9 Å². The van der Waals surface area contributed by atoms with Crippen LogP contribution in [0.3, 0.4) is 0 Å². The third kappa shape index (κ3) is 6.51. The number of fused-ring (bicyclic) bond motifs is 1. The number of hydrogen-bond acceptors (Lipinski definition) is 5. The molecule has 6 rings (SSSR count). The van der Waals surface area contributed by atoms with E-state index in [2.05, 4.69) is 11.8 Å². The number of hydrogen-bond donors (Lipinski definition) is 1. The van der Waals surface area contributed by atoms with Crippen molar-refractivity contribution in [1.82, 2.24) is 9.80 Å². The highest BCUT2D eigenvalue weighted by Gasteiger charge is 2.48. The van der Waals surface area contributed by atoms with Gasteiger partial charge < -0.3 is 19.5 Å². The van der Waals surface area contributed by atoms with Crippen LogP contribution in [-0.2, 0) is 28.4 Å². The van der Waals surface area contributed by atoms with E-state index in [4.69, 9.17) is 9.47 Å². The van der Waals surface area contributed by atoms with Crippen molar-refractivity contribution in [2.45, 2.75) is 82.1 Å². The minimum atomic E-state index is -5.08. The van der Waals surface area contributed by atoms with Crippen LogP contribution in [0.1, 0.15) is 77.6 Å². The highest BCUT2D eigenvalue weighted by atomic mass is 19.4. The first kappa shape index (κ1) is 31.7. The Bertz CT molecular complexity index is 1460. The SMILES string of the molecule is C[C@H]1CN([C@@H]2CC[C@@H](C3CC3)OC2C(=O)N2COc3c(cc(C(F)(F)F)cc3C(F)(F)F)C2)CC[C@@H]1c1cccc(C(=O)O)c1. The first-order valence-electron chi connectivity index (χ1n) is 15.2. The summed E-state index contributed by atoms with van der Waals surface area (Å²) in [6.45, 7) is 2.28. The third-order valence-corrected chi connectivity index (χ3v) is 9.61. The number of carbonyl (C=O) groups excluding carboxylic acids is 1. The summed E-state index contributed by atoms with van der Waals surface area (Å²) < 4.78 is 93.5. The zero-order valence-corrected chi connectivity index (χ0v) is 24.5. The molecule has 3 fully saturated rings. The Labute approximate surface area is 256 Å². The molecule has 2 aromatic carbocycles. The number of rotatable bonds is 5. The number of halogens is 6. The molecular weight excluding hydrogens is 606 g/mol. The second kappa shape index (κ2) is 11.8. The molecular formula is C32H34F6N2O5. The van der Waals surface area contributed by atoms with Crippen LogP contribution in [0.25, 0.3) is 0 Å². The van der Waals surface area contributed by atoms with E-state index in [9.17, 15) is 41.0 Å². The Morgan fingerprint density at radius 1 is 0.956 bits per heavy atom. The van der Waals surface area contributed by atoms with Gasteiger partial charge in [-0.3, -0.25) is 9.69 Å². The zero-order chi connectivity index (χ0) is 32.3. The summed E-state index contributed by atoms with van der Waals surface area (Å²) >= 11 is 0. The Morgan fingerprint density at radius 3 is 2.36 bits per heavy atom. The van der Waals surface area contributed by atoms with Gasteiger partial charge in [-0.2, -0.15) is 26.3 Å². The molecule has 0 aromatic heterocycles. The van der Waals surface area contributed by atoms with Gasteiger partial charge in [0.15, 0.2) is 12.8 Å². The summed E-state index contributed by atoms with van der Waals surface area (Å²) in [7, 11) is 0. The van der Waals surface area contributed by atoms with E-state index < -0.39 is 60.5 Å². The van der Waals surface area contributed by atoms with Crippen molar-refractivity contribution in [3.63, 3.8) is 0 Å². The smallest absolute Gasteiger partial charge is 0.419 e. The second-order valence-electron chi connectivity index (χ2n) is 12.7. The van der Waals surface area contributed by atoms with E-state index >= 15 is 0 Å². The van der Waals surface area contributed by atoms with E-state index in [0.717, 1.165) is 29.7 Å². The van der Waals surface area contributed by atoms with Crippen LogP contribution in [0.2, 0.25) is 0 Å². The molecule has 1 aliphatic carbocycles. The maximum absolute atomic E-state index is 14.0. The number of alkyl halides is 6. The summed E-state index contributed by atoms with van der Waals surface area (Å²) in [5.74, 6) is -1.66. The molecule has 2 aromatic rings. The molecule has 3 heterocycles. The van der Waals surface area contributed by atoms with Crippen molar-refractivity contribution < 1.29 is 50.5 Å². The average molecular weight is 641 g/mol. The van der Waals surface area contributed by atoms with Crippen LogP contribution in [-0.4, -0.2) is 64.9 Å². The molecule has 1 unspecified atom stereocenters. The lowest BCUT2D eigenvalue weighted by Gasteiger charge is -2.47. The molecule has 4 aliphatic rings. The van der Waals surface area contributed by atoms with Gasteiger partial charge in [-0.15, -0.1) is 0 Å². The average Bonchev–Trinajstić information content (AvgIpc) is 3.84. The zero-order valence-electron chi connectivity index (χ0n) is 24.5. The van der Waals surface area contributed by atoms with Crippen molar-refractivity contribution in [1.29, 1.82) is 0 Å². The Morgan fingerprint density at radius 2 is 1.71 bits per heavy atom. The quantitative estimate of drug-likeness (QED) is 0.374. The number of piperidine rings is 1. The van der Waals surface area contributed by atoms with Crippen LogP contribution >= 0.6 is 0 Å². The van der Waals surface area contributed by atoms with Crippen molar-refractivity contribution in [3.05, 3.63) is 64.2 Å². The van der Waals surface area contributed by atoms with Gasteiger partial charge in [0.05, 0.1) is 29.3 Å². The molecule has 1 N–H and O–H groups in total. The highest BCUT2D eigenvalue weighted by Crippen LogP contribution is 2.46. The first-order valence-corrected chi connectivity index (χ1v) is 15.2. The number of carboxylic acids is 1. The van der Waals surface area contributed by atoms with Crippen molar-refractivity contribution in [2.75, 3.05) is 19.8 Å². The fraction of sp³-hybridized carbons (Fsp3) is 0.562. The van der Waals surface area contributed by atoms with Crippen molar-refractivity contribution in [2.24, 2.45) is 11.8 Å². The lowest BCUT2D eigenvalue weighted by molar-refractivity contribution is -0.170. The summed E-state index contributed by atoms with van der Waals surface area (Å²) in [6.07, 6.45) is -7.12. The van der Waals surface area contributed by atoms with E-state index in [1.54, 1.807) is 18.2 Å². The number of nitrogens with zero attached hydrogens (tertiary/aromatic N) is 2. The summed E-state index contributed by atoms with van der Waals surface area (Å²) in [5.41, 5.74) is -2.19.